The van der Waals surface area contributed by atoms with Crippen LogP contribution in [0.4, 0.5) is 9.18 Å². The Morgan fingerprint density at radius 1 is 1.07 bits per heavy atom. The predicted molar refractivity (Wildman–Crippen MR) is 98.0 cm³/mol. The highest BCUT2D eigenvalue weighted by atomic mass is 32.2. The van der Waals surface area contributed by atoms with Crippen molar-refractivity contribution in [2.45, 2.75) is 29.9 Å². The fourth-order valence-electron chi connectivity index (χ4n) is 3.65. The van der Waals surface area contributed by atoms with Crippen molar-refractivity contribution in [2.75, 3.05) is 6.54 Å². The number of urea groups is 1. The number of sulfonamides is 1. The van der Waals surface area contributed by atoms with Crippen LogP contribution in [0, 0.1) is 5.82 Å². The first-order valence-corrected chi connectivity index (χ1v) is 10.2. The number of nitrogens with zero attached hydrogens (tertiary/aromatic N) is 2. The molecule has 0 spiro atoms. The molecule has 0 aliphatic carbocycles. The number of benzene rings is 2. The smallest absolute Gasteiger partial charge is 0.324 e. The second-order valence-electron chi connectivity index (χ2n) is 6.77. The van der Waals surface area contributed by atoms with Gasteiger partial charge < -0.3 is 5.32 Å². The number of halogens is 1. The predicted octanol–water partition coefficient (Wildman–Crippen LogP) is 1.71. The normalized spacial score (nSPS) is 22.8. The van der Waals surface area contributed by atoms with Crippen LogP contribution in [0.25, 0.3) is 0 Å². The van der Waals surface area contributed by atoms with Gasteiger partial charge in [0, 0.05) is 6.54 Å². The zero-order valence-corrected chi connectivity index (χ0v) is 15.6. The van der Waals surface area contributed by atoms with Crippen LogP contribution < -0.4 is 5.32 Å². The molecule has 4 rings (SSSR count). The molecule has 0 radical (unpaired) electrons. The molecule has 7 nitrogen and oxygen atoms in total. The molecule has 9 heteroatoms. The molecule has 2 atom stereocenters. The Balaban J connectivity index is 1.64. The fourth-order valence-corrected chi connectivity index (χ4v) is 5.32. The van der Waals surface area contributed by atoms with Gasteiger partial charge in [-0.1, -0.05) is 36.4 Å². The van der Waals surface area contributed by atoms with E-state index in [1.165, 1.54) is 12.1 Å². The Morgan fingerprint density at radius 2 is 1.82 bits per heavy atom. The summed E-state index contributed by atoms with van der Waals surface area (Å²) in [5.41, 5.74) is 0.752. The molecule has 0 bridgehead atoms. The van der Waals surface area contributed by atoms with Crippen LogP contribution in [0.3, 0.4) is 0 Å². The summed E-state index contributed by atoms with van der Waals surface area (Å²) in [6.07, 6.45) is 0.315. The number of rotatable bonds is 4. The average molecular weight is 403 g/mol. The van der Waals surface area contributed by atoms with E-state index < -0.39 is 39.9 Å². The van der Waals surface area contributed by atoms with Gasteiger partial charge in [-0.3, -0.25) is 9.69 Å². The highest BCUT2D eigenvalue weighted by molar-refractivity contribution is 7.89. The third-order valence-electron chi connectivity index (χ3n) is 5.01. The molecule has 1 N–H and O–H groups in total. The van der Waals surface area contributed by atoms with Gasteiger partial charge >= 0.3 is 6.03 Å². The van der Waals surface area contributed by atoms with E-state index in [1.54, 1.807) is 24.3 Å². The SMILES string of the molecule is O=C1N[C@@H]2CCN(S(=O)(=O)c3cccc(F)c3)[C@@H]2C(=O)N1Cc1ccccc1. The summed E-state index contributed by atoms with van der Waals surface area (Å²) in [5, 5.41) is 2.73. The summed E-state index contributed by atoms with van der Waals surface area (Å²) >= 11 is 0. The molecule has 2 saturated heterocycles. The molecule has 0 aromatic heterocycles. The van der Waals surface area contributed by atoms with Crippen LogP contribution in [-0.2, 0) is 21.4 Å². The average Bonchev–Trinajstić information content (AvgIpc) is 3.10. The maximum absolute atomic E-state index is 13.5. The van der Waals surface area contributed by atoms with Crippen LogP contribution >= 0.6 is 0 Å². The van der Waals surface area contributed by atoms with Crippen LogP contribution in [-0.4, -0.2) is 48.2 Å². The van der Waals surface area contributed by atoms with E-state index in [0.29, 0.717) is 6.42 Å². The van der Waals surface area contributed by atoms with Crippen LogP contribution in [0.2, 0.25) is 0 Å². The number of amides is 3. The first-order valence-electron chi connectivity index (χ1n) is 8.81. The van der Waals surface area contributed by atoms with Crippen molar-refractivity contribution in [3.05, 3.63) is 66.0 Å². The Bertz CT molecular complexity index is 1030. The van der Waals surface area contributed by atoms with Gasteiger partial charge in [0.25, 0.3) is 5.91 Å². The van der Waals surface area contributed by atoms with Crippen molar-refractivity contribution in [3.8, 4) is 0 Å². The Hall–Kier alpha value is -2.78. The summed E-state index contributed by atoms with van der Waals surface area (Å²) in [6, 6.07) is 11.5. The molecule has 2 aliphatic heterocycles. The maximum Gasteiger partial charge on any atom is 0.324 e. The van der Waals surface area contributed by atoms with Crippen molar-refractivity contribution in [2.24, 2.45) is 0 Å². The first kappa shape index (κ1) is 18.6. The van der Waals surface area contributed by atoms with E-state index in [-0.39, 0.29) is 18.0 Å². The van der Waals surface area contributed by atoms with Gasteiger partial charge in [0.05, 0.1) is 17.5 Å². The van der Waals surface area contributed by atoms with E-state index in [1.807, 2.05) is 6.07 Å². The van der Waals surface area contributed by atoms with E-state index in [9.17, 15) is 22.4 Å². The standard InChI is InChI=1S/C19H18FN3O4S/c20-14-7-4-8-15(11-14)28(26,27)23-10-9-16-17(23)18(24)22(19(25)21-16)12-13-5-2-1-3-6-13/h1-8,11,16-17H,9-10,12H2,(H,21,25)/t16-,17+/m1/s1. The molecule has 0 unspecified atom stereocenters. The number of nitrogens with one attached hydrogen (secondary N) is 1. The molecule has 2 aromatic carbocycles. The molecule has 2 fully saturated rings. The second kappa shape index (κ2) is 6.99. The van der Waals surface area contributed by atoms with Crippen molar-refractivity contribution in [1.29, 1.82) is 0 Å². The Kier molecular flexibility index (Phi) is 4.64. The number of hydrogen-bond donors (Lipinski definition) is 1. The highest BCUT2D eigenvalue weighted by Gasteiger charge is 2.51. The van der Waals surface area contributed by atoms with Gasteiger partial charge in [0.1, 0.15) is 11.9 Å². The van der Waals surface area contributed by atoms with Gasteiger partial charge in [-0.05, 0) is 30.2 Å². The lowest BCUT2D eigenvalue weighted by atomic mass is 10.1. The minimum Gasteiger partial charge on any atom is -0.333 e. The minimum atomic E-state index is -4.08. The van der Waals surface area contributed by atoms with Crippen molar-refractivity contribution < 1.29 is 22.4 Å². The lowest BCUT2D eigenvalue weighted by Gasteiger charge is -2.36. The van der Waals surface area contributed by atoms with E-state index >= 15 is 0 Å². The zero-order chi connectivity index (χ0) is 19.9. The molecule has 2 heterocycles. The molecule has 3 amide bonds. The van der Waals surface area contributed by atoms with E-state index in [0.717, 1.165) is 26.9 Å². The van der Waals surface area contributed by atoms with Crippen molar-refractivity contribution >= 4 is 22.0 Å². The summed E-state index contributed by atoms with van der Waals surface area (Å²) in [6.45, 7) is 0.113. The van der Waals surface area contributed by atoms with Crippen molar-refractivity contribution in [3.63, 3.8) is 0 Å². The van der Waals surface area contributed by atoms with Crippen LogP contribution in [0.1, 0.15) is 12.0 Å². The summed E-state index contributed by atoms with van der Waals surface area (Å²) < 4.78 is 40.6. The van der Waals surface area contributed by atoms with E-state index in [2.05, 4.69) is 5.32 Å². The van der Waals surface area contributed by atoms with Gasteiger partial charge in [0.15, 0.2) is 0 Å². The van der Waals surface area contributed by atoms with E-state index in [4.69, 9.17) is 0 Å². The fraction of sp³-hybridized carbons (Fsp3) is 0.263. The van der Waals surface area contributed by atoms with Crippen LogP contribution in [0.15, 0.2) is 59.5 Å². The monoisotopic (exact) mass is 403 g/mol. The Labute approximate surface area is 161 Å². The van der Waals surface area contributed by atoms with Gasteiger partial charge in [0.2, 0.25) is 10.0 Å². The highest BCUT2D eigenvalue weighted by Crippen LogP contribution is 2.30. The summed E-state index contributed by atoms with van der Waals surface area (Å²) in [7, 11) is -4.08. The first-order chi connectivity index (χ1) is 13.4. The molecule has 28 heavy (non-hydrogen) atoms. The third kappa shape index (κ3) is 3.16. The molecule has 2 aromatic rings. The maximum atomic E-state index is 13.5. The minimum absolute atomic E-state index is 0.0442. The van der Waals surface area contributed by atoms with Gasteiger partial charge in [-0.2, -0.15) is 4.31 Å². The molecule has 0 saturated carbocycles. The van der Waals surface area contributed by atoms with Crippen molar-refractivity contribution in [1.82, 2.24) is 14.5 Å². The quantitative estimate of drug-likeness (QED) is 0.842. The number of imide groups is 1. The summed E-state index contributed by atoms with van der Waals surface area (Å²) in [5.74, 6) is -1.25. The summed E-state index contributed by atoms with van der Waals surface area (Å²) in [4.78, 5) is 26.3. The van der Waals surface area contributed by atoms with Gasteiger partial charge in [-0.25, -0.2) is 17.6 Å². The van der Waals surface area contributed by atoms with Gasteiger partial charge in [-0.15, -0.1) is 0 Å². The number of carbonyl (C=O) groups excluding carboxylic acids is 2. The number of carbonyl (C=O) groups is 2. The second-order valence-corrected chi connectivity index (χ2v) is 8.66. The molecule has 146 valence electrons. The molecule has 2 aliphatic rings. The molecular formula is C19H18FN3O4S. The zero-order valence-electron chi connectivity index (χ0n) is 14.8. The number of fused-ring (bicyclic) bond motifs is 1. The lowest BCUT2D eigenvalue weighted by molar-refractivity contribution is -0.134. The number of hydrogen-bond acceptors (Lipinski definition) is 4. The Morgan fingerprint density at radius 3 is 2.54 bits per heavy atom. The lowest BCUT2D eigenvalue weighted by Crippen LogP contribution is -2.64. The third-order valence-corrected chi connectivity index (χ3v) is 6.89. The van der Waals surface area contributed by atoms with Crippen LogP contribution in [0.5, 0.6) is 0 Å². The largest absolute Gasteiger partial charge is 0.333 e. The topological polar surface area (TPSA) is 86.8 Å². The molecular weight excluding hydrogens is 385 g/mol.